The molecule has 0 aromatic rings. The summed E-state index contributed by atoms with van der Waals surface area (Å²) in [5.41, 5.74) is 0.579. The minimum Gasteiger partial charge on any atom is -0.308 e. The van der Waals surface area contributed by atoms with Crippen LogP contribution in [0.5, 0.6) is 0 Å². The summed E-state index contributed by atoms with van der Waals surface area (Å²) in [6.45, 7) is 10.7. The van der Waals surface area contributed by atoms with Crippen molar-refractivity contribution in [2.75, 3.05) is 0 Å². The zero-order valence-corrected chi connectivity index (χ0v) is 9.27. The maximum absolute atomic E-state index is 3.79. The van der Waals surface area contributed by atoms with Gasteiger partial charge in [-0.3, -0.25) is 0 Å². The molecule has 0 aliphatic heterocycles. The highest BCUT2D eigenvalue weighted by Crippen LogP contribution is 2.35. The van der Waals surface area contributed by atoms with Crippen LogP contribution in [0.1, 0.15) is 46.5 Å². The van der Waals surface area contributed by atoms with Crippen molar-refractivity contribution in [3.05, 3.63) is 12.7 Å². The number of hydrogen-bond acceptors (Lipinski definition) is 1. The summed E-state index contributed by atoms with van der Waals surface area (Å²) in [5, 5.41) is 3.59. The zero-order valence-electron chi connectivity index (χ0n) is 9.27. The minimum atomic E-state index is 0.464. The first kappa shape index (κ1) is 10.8. The molecule has 0 saturated heterocycles. The normalized spacial score (nSPS) is 25.5. The van der Waals surface area contributed by atoms with Gasteiger partial charge in [0.15, 0.2) is 0 Å². The highest BCUT2D eigenvalue weighted by molar-refractivity contribution is 4.88. The largest absolute Gasteiger partial charge is 0.308 e. The van der Waals surface area contributed by atoms with Gasteiger partial charge in [0.05, 0.1) is 0 Å². The van der Waals surface area contributed by atoms with Crippen molar-refractivity contribution >= 4 is 0 Å². The first-order valence-corrected chi connectivity index (χ1v) is 5.42. The highest BCUT2D eigenvalue weighted by Gasteiger charge is 2.26. The molecule has 1 fully saturated rings. The van der Waals surface area contributed by atoms with Crippen molar-refractivity contribution in [1.82, 2.24) is 5.32 Å². The van der Waals surface area contributed by atoms with Gasteiger partial charge in [0.2, 0.25) is 0 Å². The Morgan fingerprint density at radius 2 is 1.92 bits per heavy atom. The Hall–Kier alpha value is -0.300. The molecule has 0 aromatic carbocycles. The van der Waals surface area contributed by atoms with Crippen LogP contribution < -0.4 is 5.32 Å². The molecule has 1 aliphatic carbocycles. The van der Waals surface area contributed by atoms with E-state index in [9.17, 15) is 0 Å². The first-order valence-electron chi connectivity index (χ1n) is 5.42. The lowest BCUT2D eigenvalue weighted by Crippen LogP contribution is -2.39. The van der Waals surface area contributed by atoms with Crippen LogP contribution in [-0.4, -0.2) is 12.1 Å². The summed E-state index contributed by atoms with van der Waals surface area (Å²) in [4.78, 5) is 0. The van der Waals surface area contributed by atoms with Crippen LogP contribution in [-0.2, 0) is 0 Å². The fraction of sp³-hybridized carbons (Fsp3) is 0.833. The lowest BCUT2D eigenvalue weighted by Gasteiger charge is -2.35. The van der Waals surface area contributed by atoms with Gasteiger partial charge in [-0.05, 0) is 38.0 Å². The molecule has 1 aliphatic rings. The predicted molar refractivity (Wildman–Crippen MR) is 58.8 cm³/mol. The number of nitrogens with one attached hydrogen (secondary N) is 1. The molecule has 1 rings (SSSR count). The van der Waals surface area contributed by atoms with E-state index in [1.165, 1.54) is 25.7 Å². The van der Waals surface area contributed by atoms with Gasteiger partial charge in [0, 0.05) is 12.1 Å². The third kappa shape index (κ3) is 3.51. The number of hydrogen-bond donors (Lipinski definition) is 1. The summed E-state index contributed by atoms with van der Waals surface area (Å²) in [6.07, 6.45) is 7.35. The summed E-state index contributed by atoms with van der Waals surface area (Å²) in [7, 11) is 0. The minimum absolute atomic E-state index is 0.464. The molecule has 0 bridgehead atoms. The second-order valence-electron chi connectivity index (χ2n) is 5.13. The lowest BCUT2D eigenvalue weighted by molar-refractivity contribution is 0.203. The first-order chi connectivity index (χ1) is 6.03. The smallest absolute Gasteiger partial charge is 0.0221 e. The zero-order chi connectivity index (χ0) is 9.90. The third-order valence-corrected chi connectivity index (χ3v) is 3.19. The van der Waals surface area contributed by atoms with Crippen LogP contribution in [0.4, 0.5) is 0 Å². The summed E-state index contributed by atoms with van der Waals surface area (Å²) in [6, 6.07) is 1.19. The molecule has 1 atom stereocenters. The Labute approximate surface area is 82.6 Å². The van der Waals surface area contributed by atoms with Gasteiger partial charge in [0.1, 0.15) is 0 Å². The molecule has 76 valence electrons. The van der Waals surface area contributed by atoms with Gasteiger partial charge in [-0.15, -0.1) is 6.58 Å². The van der Waals surface area contributed by atoms with Crippen molar-refractivity contribution in [2.45, 2.75) is 58.5 Å². The molecule has 0 radical (unpaired) electrons. The fourth-order valence-electron chi connectivity index (χ4n) is 2.01. The lowest BCUT2D eigenvalue weighted by atomic mass is 9.75. The molecule has 1 unspecified atom stereocenters. The van der Waals surface area contributed by atoms with Crippen LogP contribution in [0.2, 0.25) is 0 Å². The Bertz CT molecular complexity index is 162. The van der Waals surface area contributed by atoms with E-state index in [-0.39, 0.29) is 0 Å². The molecule has 0 spiro atoms. The molecule has 1 N–H and O–H groups in total. The molecule has 0 heterocycles. The van der Waals surface area contributed by atoms with Gasteiger partial charge < -0.3 is 5.32 Å². The summed E-state index contributed by atoms with van der Waals surface area (Å²) >= 11 is 0. The predicted octanol–water partition coefficient (Wildman–Crippen LogP) is 3.12. The van der Waals surface area contributed by atoms with Gasteiger partial charge in [-0.2, -0.15) is 0 Å². The third-order valence-electron chi connectivity index (χ3n) is 3.19. The van der Waals surface area contributed by atoms with E-state index < -0.39 is 0 Å². The Balaban J connectivity index is 2.29. The van der Waals surface area contributed by atoms with Crippen molar-refractivity contribution in [3.8, 4) is 0 Å². The van der Waals surface area contributed by atoms with E-state index in [0.29, 0.717) is 11.5 Å². The second-order valence-corrected chi connectivity index (χ2v) is 5.13. The Kier molecular flexibility index (Phi) is 3.55. The van der Waals surface area contributed by atoms with Crippen LogP contribution in [0.25, 0.3) is 0 Å². The van der Waals surface area contributed by atoms with Crippen molar-refractivity contribution in [2.24, 2.45) is 5.41 Å². The molecular weight excluding hydrogens is 158 g/mol. The van der Waals surface area contributed by atoms with Gasteiger partial charge in [0.25, 0.3) is 0 Å². The maximum atomic E-state index is 3.79. The van der Waals surface area contributed by atoms with Crippen LogP contribution in [0.15, 0.2) is 12.7 Å². The van der Waals surface area contributed by atoms with Gasteiger partial charge in [-0.25, -0.2) is 0 Å². The summed E-state index contributed by atoms with van der Waals surface area (Å²) in [5.74, 6) is 0. The van der Waals surface area contributed by atoms with E-state index in [4.69, 9.17) is 0 Å². The topological polar surface area (TPSA) is 12.0 Å². The summed E-state index contributed by atoms with van der Waals surface area (Å²) < 4.78 is 0. The van der Waals surface area contributed by atoms with Crippen molar-refractivity contribution in [1.29, 1.82) is 0 Å². The van der Waals surface area contributed by atoms with Crippen LogP contribution >= 0.6 is 0 Å². The van der Waals surface area contributed by atoms with E-state index in [1.807, 2.05) is 6.08 Å². The number of rotatable bonds is 3. The van der Waals surface area contributed by atoms with Gasteiger partial charge >= 0.3 is 0 Å². The van der Waals surface area contributed by atoms with E-state index >= 15 is 0 Å². The maximum Gasteiger partial charge on any atom is 0.0221 e. The Morgan fingerprint density at radius 1 is 1.38 bits per heavy atom. The van der Waals surface area contributed by atoms with Crippen molar-refractivity contribution in [3.63, 3.8) is 0 Å². The molecular formula is C12H23N. The fourth-order valence-corrected chi connectivity index (χ4v) is 2.01. The van der Waals surface area contributed by atoms with E-state index in [1.54, 1.807) is 0 Å². The van der Waals surface area contributed by atoms with Gasteiger partial charge in [-0.1, -0.05) is 19.9 Å². The van der Waals surface area contributed by atoms with Crippen molar-refractivity contribution < 1.29 is 0 Å². The molecule has 0 aromatic heterocycles. The second kappa shape index (κ2) is 4.28. The average molecular weight is 181 g/mol. The molecule has 13 heavy (non-hydrogen) atoms. The quantitative estimate of drug-likeness (QED) is 0.660. The SMILES string of the molecule is C=CC(C)NC1CCC(C)(C)CC1. The molecule has 1 heteroatoms. The molecule has 0 amide bonds. The van der Waals surface area contributed by atoms with Crippen LogP contribution in [0.3, 0.4) is 0 Å². The van der Waals surface area contributed by atoms with Crippen LogP contribution in [0, 0.1) is 5.41 Å². The molecule has 1 saturated carbocycles. The average Bonchev–Trinajstić information content (AvgIpc) is 2.08. The monoisotopic (exact) mass is 181 g/mol. The Morgan fingerprint density at radius 3 is 2.38 bits per heavy atom. The highest BCUT2D eigenvalue weighted by atomic mass is 14.9. The van der Waals surface area contributed by atoms with E-state index in [0.717, 1.165) is 6.04 Å². The van der Waals surface area contributed by atoms with E-state index in [2.05, 4.69) is 32.7 Å². The standard InChI is InChI=1S/C12H23N/c1-5-10(2)13-11-6-8-12(3,4)9-7-11/h5,10-11,13H,1,6-9H2,2-4H3. The molecule has 1 nitrogen and oxygen atoms in total.